The SMILES string of the molecule is CC(C)(C)[Si](C)(C)OC[C@H](N)Cc1ccc(O[Si](C)(C)C(C)(C)C)cc1.N[C@@H](CO)Cc1ccc(O)cc1. The highest BCUT2D eigenvalue weighted by Gasteiger charge is 2.39. The molecule has 0 aromatic heterocycles. The fourth-order valence-electron chi connectivity index (χ4n) is 3.03. The van der Waals surface area contributed by atoms with E-state index >= 15 is 0 Å². The van der Waals surface area contributed by atoms with Crippen LogP contribution in [0.4, 0.5) is 0 Å². The van der Waals surface area contributed by atoms with Crippen molar-refractivity contribution in [2.45, 2.75) is 103 Å². The first-order chi connectivity index (χ1) is 17.3. The third-order valence-electron chi connectivity index (χ3n) is 7.73. The third-order valence-corrected chi connectivity index (χ3v) is 16.6. The van der Waals surface area contributed by atoms with Crippen molar-refractivity contribution in [3.05, 3.63) is 59.7 Å². The first-order valence-electron chi connectivity index (χ1n) is 13.6. The van der Waals surface area contributed by atoms with Gasteiger partial charge in [-0.05, 0) is 84.5 Å². The predicted octanol–water partition coefficient (Wildman–Crippen LogP) is 6.22. The van der Waals surface area contributed by atoms with Gasteiger partial charge in [-0.2, -0.15) is 0 Å². The Kier molecular flexibility index (Phi) is 12.7. The zero-order valence-corrected chi connectivity index (χ0v) is 27.5. The molecule has 0 bridgehead atoms. The fraction of sp³-hybridized carbons (Fsp3) is 0.600. The molecule has 0 saturated heterocycles. The van der Waals surface area contributed by atoms with Gasteiger partial charge in [0, 0.05) is 18.7 Å². The van der Waals surface area contributed by atoms with Crippen LogP contribution in [0.1, 0.15) is 52.7 Å². The molecule has 0 heterocycles. The normalized spacial score (nSPS) is 14.3. The number of phenolic OH excluding ortho intramolecular Hbond substituents is 1. The topological polar surface area (TPSA) is 111 Å². The lowest BCUT2D eigenvalue weighted by molar-refractivity contribution is 0.262. The molecule has 0 spiro atoms. The lowest BCUT2D eigenvalue weighted by atomic mass is 10.1. The summed E-state index contributed by atoms with van der Waals surface area (Å²) >= 11 is 0. The van der Waals surface area contributed by atoms with Crippen LogP contribution in [0.2, 0.25) is 36.3 Å². The number of benzene rings is 2. The van der Waals surface area contributed by atoms with Crippen molar-refractivity contribution in [2.24, 2.45) is 11.5 Å². The van der Waals surface area contributed by atoms with Crippen LogP contribution in [0, 0.1) is 0 Å². The second kappa shape index (κ2) is 14.1. The predicted molar refractivity (Wildman–Crippen MR) is 166 cm³/mol. The van der Waals surface area contributed by atoms with Crippen LogP contribution in [0.25, 0.3) is 0 Å². The zero-order valence-electron chi connectivity index (χ0n) is 25.5. The molecule has 0 aliphatic rings. The lowest BCUT2D eigenvalue weighted by Crippen LogP contribution is -2.44. The number of hydrogen-bond donors (Lipinski definition) is 4. The number of aromatic hydroxyl groups is 1. The smallest absolute Gasteiger partial charge is 0.250 e. The Morgan fingerprint density at radius 3 is 1.55 bits per heavy atom. The van der Waals surface area contributed by atoms with E-state index in [4.69, 9.17) is 30.5 Å². The van der Waals surface area contributed by atoms with Crippen LogP contribution in [0.15, 0.2) is 48.5 Å². The highest BCUT2D eigenvalue weighted by atomic mass is 28.4. The van der Waals surface area contributed by atoms with E-state index in [-0.39, 0.29) is 34.5 Å². The van der Waals surface area contributed by atoms with Crippen LogP contribution in [0.5, 0.6) is 11.5 Å². The van der Waals surface area contributed by atoms with Crippen LogP contribution >= 0.6 is 0 Å². The van der Waals surface area contributed by atoms with Crippen molar-refractivity contribution >= 4 is 16.6 Å². The quantitative estimate of drug-likeness (QED) is 0.256. The second-order valence-corrected chi connectivity index (χ2v) is 22.9. The summed E-state index contributed by atoms with van der Waals surface area (Å²) in [6.07, 6.45) is 1.46. The molecule has 2 rings (SSSR count). The molecule has 38 heavy (non-hydrogen) atoms. The summed E-state index contributed by atoms with van der Waals surface area (Å²) in [5.74, 6) is 1.21. The summed E-state index contributed by atoms with van der Waals surface area (Å²) in [5.41, 5.74) is 14.1. The van der Waals surface area contributed by atoms with Gasteiger partial charge in [-0.3, -0.25) is 0 Å². The summed E-state index contributed by atoms with van der Waals surface area (Å²) in [7, 11) is -3.52. The molecule has 6 N–H and O–H groups in total. The van der Waals surface area contributed by atoms with Crippen molar-refractivity contribution in [1.29, 1.82) is 0 Å². The first-order valence-corrected chi connectivity index (χ1v) is 19.4. The summed E-state index contributed by atoms with van der Waals surface area (Å²) in [5, 5.41) is 18.1. The molecule has 0 aliphatic carbocycles. The molecule has 6 nitrogen and oxygen atoms in total. The van der Waals surface area contributed by atoms with Gasteiger partial charge in [0.1, 0.15) is 11.5 Å². The summed E-state index contributed by atoms with van der Waals surface area (Å²) in [6.45, 7) is 23.2. The first kappa shape index (κ1) is 34.3. The summed E-state index contributed by atoms with van der Waals surface area (Å²) in [6, 6.07) is 15.1. The molecule has 0 radical (unpaired) electrons. The number of hydrogen-bond acceptors (Lipinski definition) is 6. The van der Waals surface area contributed by atoms with Gasteiger partial charge in [0.2, 0.25) is 8.32 Å². The average Bonchev–Trinajstić information content (AvgIpc) is 2.79. The van der Waals surface area contributed by atoms with E-state index in [9.17, 15) is 0 Å². The van der Waals surface area contributed by atoms with Crippen LogP contribution in [-0.4, -0.2) is 52.1 Å². The summed E-state index contributed by atoms with van der Waals surface area (Å²) in [4.78, 5) is 0. The Morgan fingerprint density at radius 2 is 1.13 bits per heavy atom. The lowest BCUT2D eigenvalue weighted by Gasteiger charge is -2.37. The Hall–Kier alpha value is -1.69. The third kappa shape index (κ3) is 11.6. The van der Waals surface area contributed by atoms with Crippen molar-refractivity contribution in [3.63, 3.8) is 0 Å². The number of nitrogens with two attached hydrogens (primary N) is 2. The van der Waals surface area contributed by atoms with Gasteiger partial charge in [0.25, 0.3) is 0 Å². The standard InChI is InChI=1S/C21H41NO2Si2.C9H13NO2/c1-20(2,3)25(7,8)23-16-18(22)15-17-11-13-19(14-12-17)24-26(9,10)21(4,5)6;10-8(6-11)5-7-1-3-9(12)4-2-7/h11-14,18H,15-16,22H2,1-10H3;1-4,8,11-12H,5-6,10H2/t18-;8-/m11/s1. The molecular weight excluding hydrogens is 509 g/mol. The van der Waals surface area contributed by atoms with Crippen LogP contribution in [0.3, 0.4) is 0 Å². The average molecular weight is 563 g/mol. The monoisotopic (exact) mass is 562 g/mol. The van der Waals surface area contributed by atoms with Gasteiger partial charge in [-0.1, -0.05) is 65.8 Å². The molecular formula is C30H54N2O4Si2. The maximum atomic E-state index is 8.97. The maximum absolute atomic E-state index is 8.97. The van der Waals surface area contributed by atoms with E-state index < -0.39 is 16.6 Å². The molecule has 0 amide bonds. The Bertz CT molecular complexity index is 950. The largest absolute Gasteiger partial charge is 0.544 e. The molecule has 0 fully saturated rings. The highest BCUT2D eigenvalue weighted by Crippen LogP contribution is 2.38. The number of phenols is 1. The number of rotatable bonds is 10. The molecule has 2 aromatic rings. The summed E-state index contributed by atoms with van der Waals surface area (Å²) < 4.78 is 12.6. The van der Waals surface area contributed by atoms with Crippen LogP contribution < -0.4 is 15.9 Å². The van der Waals surface area contributed by atoms with Gasteiger partial charge < -0.3 is 30.5 Å². The molecule has 0 saturated carbocycles. The highest BCUT2D eigenvalue weighted by molar-refractivity contribution is 6.75. The number of aliphatic hydroxyl groups is 1. The van der Waals surface area contributed by atoms with Crippen LogP contribution in [-0.2, 0) is 17.3 Å². The molecule has 2 aromatic carbocycles. The van der Waals surface area contributed by atoms with Crippen molar-refractivity contribution in [2.75, 3.05) is 13.2 Å². The molecule has 0 aliphatic heterocycles. The Labute approximate surface area is 234 Å². The minimum Gasteiger partial charge on any atom is -0.544 e. The van der Waals surface area contributed by atoms with E-state index in [1.807, 2.05) is 0 Å². The number of aliphatic hydroxyl groups excluding tert-OH is 1. The van der Waals surface area contributed by atoms with E-state index in [0.717, 1.165) is 17.7 Å². The van der Waals surface area contributed by atoms with Crippen molar-refractivity contribution in [1.82, 2.24) is 0 Å². The van der Waals surface area contributed by atoms with Gasteiger partial charge in [-0.25, -0.2) is 0 Å². The zero-order chi connectivity index (χ0) is 29.4. The van der Waals surface area contributed by atoms with Gasteiger partial charge >= 0.3 is 0 Å². The Balaban J connectivity index is 0.000000499. The van der Waals surface area contributed by atoms with E-state index in [2.05, 4.69) is 92.0 Å². The van der Waals surface area contributed by atoms with Crippen molar-refractivity contribution in [3.8, 4) is 11.5 Å². The van der Waals surface area contributed by atoms with E-state index in [1.54, 1.807) is 24.3 Å². The van der Waals surface area contributed by atoms with Gasteiger partial charge in [0.15, 0.2) is 8.32 Å². The fourth-order valence-corrected chi connectivity index (χ4v) is 5.13. The maximum Gasteiger partial charge on any atom is 0.250 e. The van der Waals surface area contributed by atoms with Gasteiger partial charge in [0.05, 0.1) is 6.61 Å². The minimum atomic E-state index is -1.79. The Morgan fingerprint density at radius 1 is 0.711 bits per heavy atom. The van der Waals surface area contributed by atoms with E-state index in [1.165, 1.54) is 5.56 Å². The molecule has 216 valence electrons. The minimum absolute atomic E-state index is 0.0130. The second-order valence-electron chi connectivity index (χ2n) is 13.4. The molecule has 2 atom stereocenters. The van der Waals surface area contributed by atoms with Gasteiger partial charge in [-0.15, -0.1) is 0 Å². The van der Waals surface area contributed by atoms with Crippen molar-refractivity contribution < 1.29 is 19.1 Å². The molecule has 8 heteroatoms. The van der Waals surface area contributed by atoms with E-state index in [0.29, 0.717) is 13.0 Å². The molecule has 0 unspecified atom stereocenters.